The Morgan fingerprint density at radius 3 is 2.25 bits per heavy atom. The van der Waals surface area contributed by atoms with Crippen LogP contribution in [0.1, 0.15) is 51.1 Å². The largest absolute Gasteiger partial charge is 0.481 e. The summed E-state index contributed by atoms with van der Waals surface area (Å²) in [5, 5.41) is 11.8. The Morgan fingerprint density at radius 2 is 1.71 bits per heavy atom. The molecule has 0 saturated heterocycles. The van der Waals surface area contributed by atoms with E-state index in [0.29, 0.717) is 25.9 Å². The predicted molar refractivity (Wildman–Crippen MR) is 91.4 cm³/mol. The molecule has 0 fully saturated rings. The number of aliphatic carboxylic acids is 1. The number of rotatable bonds is 10. The van der Waals surface area contributed by atoms with Gasteiger partial charge in [-0.25, -0.2) is 0 Å². The van der Waals surface area contributed by atoms with Gasteiger partial charge in [0, 0.05) is 25.9 Å². The molecule has 0 spiro atoms. The molecule has 0 bridgehead atoms. The first-order chi connectivity index (χ1) is 11.5. The van der Waals surface area contributed by atoms with Gasteiger partial charge in [-0.3, -0.25) is 14.4 Å². The van der Waals surface area contributed by atoms with E-state index in [1.54, 1.807) is 29.2 Å². The van der Waals surface area contributed by atoms with Crippen LogP contribution >= 0.6 is 0 Å². The summed E-state index contributed by atoms with van der Waals surface area (Å²) >= 11 is 0. The fraction of sp³-hybridized carbons (Fsp3) is 0.500. The van der Waals surface area contributed by atoms with Gasteiger partial charge < -0.3 is 15.3 Å². The molecule has 0 aromatic heterocycles. The van der Waals surface area contributed by atoms with Crippen molar-refractivity contribution in [3.63, 3.8) is 0 Å². The molecular formula is C18H26N2O4. The summed E-state index contributed by atoms with van der Waals surface area (Å²) in [7, 11) is 0. The molecule has 6 heteroatoms. The Kier molecular flexibility index (Phi) is 8.54. The van der Waals surface area contributed by atoms with Crippen molar-refractivity contribution in [3.8, 4) is 0 Å². The lowest BCUT2D eigenvalue weighted by Gasteiger charge is -2.19. The summed E-state index contributed by atoms with van der Waals surface area (Å²) in [4.78, 5) is 36.7. The van der Waals surface area contributed by atoms with E-state index in [0.717, 1.165) is 5.56 Å². The lowest BCUT2D eigenvalue weighted by atomic mass is 10.0. The predicted octanol–water partition coefficient (Wildman–Crippen LogP) is 2.36. The van der Waals surface area contributed by atoms with Crippen LogP contribution in [-0.2, 0) is 14.4 Å². The third-order valence-electron chi connectivity index (χ3n) is 3.83. The van der Waals surface area contributed by atoms with Gasteiger partial charge in [0.2, 0.25) is 11.8 Å². The van der Waals surface area contributed by atoms with E-state index in [4.69, 9.17) is 5.11 Å². The molecule has 0 radical (unpaired) electrons. The van der Waals surface area contributed by atoms with Gasteiger partial charge in [0.15, 0.2) is 0 Å². The lowest BCUT2D eigenvalue weighted by molar-refractivity contribution is -0.137. The number of carbonyl (C=O) groups is 3. The molecule has 2 amide bonds. The van der Waals surface area contributed by atoms with Crippen LogP contribution in [0.4, 0.5) is 0 Å². The Balaban J connectivity index is 2.51. The molecule has 0 aliphatic carbocycles. The summed E-state index contributed by atoms with van der Waals surface area (Å²) in [6, 6.07) is 8.46. The molecule has 1 atom stereocenters. The van der Waals surface area contributed by atoms with Gasteiger partial charge >= 0.3 is 5.97 Å². The molecule has 0 heterocycles. The minimum Gasteiger partial charge on any atom is -0.481 e. The fourth-order valence-electron chi connectivity index (χ4n) is 2.51. The third-order valence-corrected chi connectivity index (χ3v) is 3.83. The van der Waals surface area contributed by atoms with Crippen molar-refractivity contribution < 1.29 is 19.5 Å². The molecule has 2 N–H and O–H groups in total. The maximum Gasteiger partial charge on any atom is 0.305 e. The monoisotopic (exact) mass is 334 g/mol. The van der Waals surface area contributed by atoms with Crippen LogP contribution < -0.4 is 5.32 Å². The van der Waals surface area contributed by atoms with Crippen molar-refractivity contribution >= 4 is 17.8 Å². The van der Waals surface area contributed by atoms with E-state index in [-0.39, 0.29) is 24.7 Å². The number of nitrogens with zero attached hydrogens (tertiary/aromatic N) is 1. The van der Waals surface area contributed by atoms with Crippen LogP contribution in [0, 0.1) is 0 Å². The minimum absolute atomic E-state index is 0.0398. The molecule has 1 rings (SSSR count). The van der Waals surface area contributed by atoms with Gasteiger partial charge in [0.1, 0.15) is 0 Å². The zero-order valence-corrected chi connectivity index (χ0v) is 14.3. The fourth-order valence-corrected chi connectivity index (χ4v) is 2.51. The van der Waals surface area contributed by atoms with Gasteiger partial charge in [-0.1, -0.05) is 30.3 Å². The standard InChI is InChI=1S/C18H26N2O4/c1-3-20(4-2)17(22)12-8-11-16(21)19-15(13-18(23)24)14-9-6-5-7-10-14/h5-7,9-10,15H,3-4,8,11-13H2,1-2H3,(H,19,21)(H,23,24). The molecule has 1 aromatic rings. The third kappa shape index (κ3) is 6.81. The zero-order valence-electron chi connectivity index (χ0n) is 14.3. The minimum atomic E-state index is -0.971. The normalized spacial score (nSPS) is 11.6. The Labute approximate surface area is 142 Å². The van der Waals surface area contributed by atoms with Crippen molar-refractivity contribution in [2.45, 2.75) is 45.6 Å². The second kappa shape index (κ2) is 10.4. The molecule has 1 aromatic carbocycles. The molecule has 1 unspecified atom stereocenters. The molecule has 0 aliphatic heterocycles. The highest BCUT2D eigenvalue weighted by Crippen LogP contribution is 2.17. The van der Waals surface area contributed by atoms with Crippen molar-refractivity contribution in [1.29, 1.82) is 0 Å². The first kappa shape index (κ1) is 19.7. The number of carbonyl (C=O) groups excluding carboxylic acids is 2. The molecule has 132 valence electrons. The Hall–Kier alpha value is -2.37. The molecule has 0 aliphatic rings. The van der Waals surface area contributed by atoms with Gasteiger partial charge in [-0.2, -0.15) is 0 Å². The average Bonchev–Trinajstić information content (AvgIpc) is 2.56. The van der Waals surface area contributed by atoms with E-state index in [1.165, 1.54) is 0 Å². The molecule has 24 heavy (non-hydrogen) atoms. The summed E-state index contributed by atoms with van der Waals surface area (Å²) in [5.74, 6) is -1.17. The zero-order chi connectivity index (χ0) is 17.9. The van der Waals surface area contributed by atoms with Gasteiger partial charge in [-0.15, -0.1) is 0 Å². The SMILES string of the molecule is CCN(CC)C(=O)CCCC(=O)NC(CC(=O)O)c1ccccc1. The first-order valence-electron chi connectivity index (χ1n) is 8.31. The van der Waals surface area contributed by atoms with E-state index >= 15 is 0 Å². The van der Waals surface area contributed by atoms with Crippen LogP contribution in [0.5, 0.6) is 0 Å². The van der Waals surface area contributed by atoms with Crippen LogP contribution in [0.3, 0.4) is 0 Å². The maximum atomic E-state index is 12.1. The maximum absolute atomic E-state index is 12.1. The molecule has 6 nitrogen and oxygen atoms in total. The smallest absolute Gasteiger partial charge is 0.305 e. The van der Waals surface area contributed by atoms with E-state index in [2.05, 4.69) is 5.32 Å². The van der Waals surface area contributed by atoms with Crippen LogP contribution in [0.25, 0.3) is 0 Å². The summed E-state index contributed by atoms with van der Waals surface area (Å²) in [6.07, 6.45) is 0.809. The summed E-state index contributed by atoms with van der Waals surface area (Å²) in [6.45, 7) is 5.17. The van der Waals surface area contributed by atoms with Crippen molar-refractivity contribution in [2.24, 2.45) is 0 Å². The number of nitrogens with one attached hydrogen (secondary N) is 1. The van der Waals surface area contributed by atoms with E-state index < -0.39 is 12.0 Å². The van der Waals surface area contributed by atoms with E-state index in [9.17, 15) is 14.4 Å². The van der Waals surface area contributed by atoms with Crippen molar-refractivity contribution in [2.75, 3.05) is 13.1 Å². The van der Waals surface area contributed by atoms with E-state index in [1.807, 2.05) is 19.9 Å². The Morgan fingerprint density at radius 1 is 1.08 bits per heavy atom. The van der Waals surface area contributed by atoms with Gasteiger partial charge in [0.25, 0.3) is 0 Å². The number of carboxylic acid groups (broad SMARTS) is 1. The quantitative estimate of drug-likeness (QED) is 0.688. The lowest BCUT2D eigenvalue weighted by Crippen LogP contribution is -2.32. The summed E-state index contributed by atoms with van der Waals surface area (Å²) in [5.41, 5.74) is 0.757. The van der Waals surface area contributed by atoms with Crippen LogP contribution in [0.2, 0.25) is 0 Å². The van der Waals surface area contributed by atoms with Gasteiger partial charge in [-0.05, 0) is 25.8 Å². The molecular weight excluding hydrogens is 308 g/mol. The molecule has 0 saturated carbocycles. The van der Waals surface area contributed by atoms with Crippen LogP contribution in [0.15, 0.2) is 30.3 Å². The van der Waals surface area contributed by atoms with Gasteiger partial charge in [0.05, 0.1) is 12.5 Å². The number of amides is 2. The number of benzene rings is 1. The first-order valence-corrected chi connectivity index (χ1v) is 8.31. The topological polar surface area (TPSA) is 86.7 Å². The number of hydrogen-bond acceptors (Lipinski definition) is 3. The van der Waals surface area contributed by atoms with Crippen LogP contribution in [-0.4, -0.2) is 40.9 Å². The highest BCUT2D eigenvalue weighted by molar-refractivity contribution is 5.79. The Bertz CT molecular complexity index is 541. The highest BCUT2D eigenvalue weighted by Gasteiger charge is 2.18. The van der Waals surface area contributed by atoms with Crippen molar-refractivity contribution in [3.05, 3.63) is 35.9 Å². The highest BCUT2D eigenvalue weighted by atomic mass is 16.4. The summed E-state index contributed by atoms with van der Waals surface area (Å²) < 4.78 is 0. The number of carboxylic acids is 1. The average molecular weight is 334 g/mol. The number of hydrogen-bond donors (Lipinski definition) is 2. The van der Waals surface area contributed by atoms with Crippen molar-refractivity contribution in [1.82, 2.24) is 10.2 Å². The second-order valence-electron chi connectivity index (χ2n) is 5.55. The second-order valence-corrected chi connectivity index (χ2v) is 5.55.